The third kappa shape index (κ3) is 3.97. The number of ether oxygens (including phenoxy) is 2. The Bertz CT molecular complexity index is 1590. The highest BCUT2D eigenvalue weighted by molar-refractivity contribution is 6.25. The first-order valence-corrected chi connectivity index (χ1v) is 13.9. The molecule has 9 heteroatoms. The molecule has 4 N–H and O–H groups in total. The zero-order chi connectivity index (χ0) is 29.4. The molecule has 9 nitrogen and oxygen atoms in total. The number of Topliss-reactive ketones (excluding diaryl/α,β-unsaturated/α-hetero) is 3. The Morgan fingerprint density at radius 3 is 2.49 bits per heavy atom. The van der Waals surface area contributed by atoms with Crippen molar-refractivity contribution in [3.63, 3.8) is 0 Å². The molecule has 2 aromatic rings. The number of fused-ring (bicyclic) bond motifs is 4. The van der Waals surface area contributed by atoms with Crippen molar-refractivity contribution in [1.29, 1.82) is 0 Å². The normalized spacial score (nSPS) is 24.9. The van der Waals surface area contributed by atoms with Gasteiger partial charge in [0.25, 0.3) is 0 Å². The molecule has 0 spiro atoms. The van der Waals surface area contributed by atoms with E-state index in [0.29, 0.717) is 41.9 Å². The lowest BCUT2D eigenvalue weighted by molar-refractivity contribution is -0.144. The Labute approximate surface area is 236 Å². The Kier molecular flexibility index (Phi) is 6.26. The zero-order valence-electron chi connectivity index (χ0n) is 23.1. The molecule has 0 radical (unpaired) electrons. The molecule has 6 rings (SSSR count). The molecule has 0 fully saturated rings. The summed E-state index contributed by atoms with van der Waals surface area (Å²) < 4.78 is 10.8. The molecule has 0 saturated heterocycles. The minimum absolute atomic E-state index is 0.0300. The summed E-state index contributed by atoms with van der Waals surface area (Å²) in [6.45, 7) is 5.28. The van der Waals surface area contributed by atoms with Crippen molar-refractivity contribution in [2.24, 2.45) is 11.8 Å². The second kappa shape index (κ2) is 9.48. The second-order valence-electron chi connectivity index (χ2n) is 11.8. The fraction of sp³-hybridized carbons (Fsp3) is 0.406. The average molecular weight is 561 g/mol. The van der Waals surface area contributed by atoms with Gasteiger partial charge in [-0.3, -0.25) is 14.4 Å². The minimum atomic E-state index is -2.50. The van der Waals surface area contributed by atoms with E-state index in [0.717, 1.165) is 18.1 Å². The Balaban J connectivity index is 1.41. The van der Waals surface area contributed by atoms with Crippen LogP contribution in [0.5, 0.6) is 17.2 Å². The van der Waals surface area contributed by atoms with E-state index < -0.39 is 51.9 Å². The van der Waals surface area contributed by atoms with Gasteiger partial charge in [-0.15, -0.1) is 0 Å². The summed E-state index contributed by atoms with van der Waals surface area (Å²) >= 11 is 0. The summed E-state index contributed by atoms with van der Waals surface area (Å²) in [5, 5.41) is 44.7. The van der Waals surface area contributed by atoms with Crippen LogP contribution in [0.3, 0.4) is 0 Å². The number of hydrogen-bond donors (Lipinski definition) is 4. The third-order valence-electron chi connectivity index (χ3n) is 9.02. The van der Waals surface area contributed by atoms with Crippen LogP contribution >= 0.6 is 0 Å². The van der Waals surface area contributed by atoms with Crippen LogP contribution in [0.15, 0.2) is 46.9 Å². The van der Waals surface area contributed by atoms with Crippen molar-refractivity contribution >= 4 is 17.3 Å². The van der Waals surface area contributed by atoms with Crippen molar-refractivity contribution < 1.29 is 44.3 Å². The van der Waals surface area contributed by atoms with Gasteiger partial charge in [0.15, 0.2) is 28.7 Å². The summed E-state index contributed by atoms with van der Waals surface area (Å²) in [5.41, 5.74) is 0.0358. The average Bonchev–Trinajstić information content (AvgIpc) is 3.38. The smallest absolute Gasteiger partial charge is 0.231 e. The predicted octanol–water partition coefficient (Wildman–Crippen LogP) is 4.32. The summed E-state index contributed by atoms with van der Waals surface area (Å²) in [6, 6.07) is 7.59. The summed E-state index contributed by atoms with van der Waals surface area (Å²) in [5.74, 6) is -3.93. The molecule has 0 unspecified atom stereocenters. The Morgan fingerprint density at radius 1 is 1.05 bits per heavy atom. The standard InChI is InChI=1S/C32H32O9/c1-14(2)20-10-17(6-4-16-5-7-23-24(8-16)41-13-40-23)28(35)27-21(20)11-18-9-19-12-22(34)25(15(3)33)30(37)32(19,39)31(38)26(18)29(27)36/h5,7-8,10,14,18-19,34-35,38-39H,4,6,9,11-13H2,1-3H3/t18-,19+,32-/m1/s1. The van der Waals surface area contributed by atoms with Crippen molar-refractivity contribution in [1.82, 2.24) is 0 Å². The molecule has 0 aromatic heterocycles. The molecular formula is C32H32O9. The van der Waals surface area contributed by atoms with Crippen LogP contribution in [-0.2, 0) is 28.9 Å². The summed E-state index contributed by atoms with van der Waals surface area (Å²) in [7, 11) is 0. The lowest BCUT2D eigenvalue weighted by Gasteiger charge is -2.46. The molecule has 2 aromatic carbocycles. The number of aryl methyl sites for hydroxylation is 2. The van der Waals surface area contributed by atoms with Crippen molar-refractivity contribution in [3.8, 4) is 17.2 Å². The molecule has 0 bridgehead atoms. The number of phenolic OH excluding ortho intramolecular Hbond substituents is 1. The molecule has 1 aliphatic heterocycles. The highest BCUT2D eigenvalue weighted by atomic mass is 16.7. The van der Waals surface area contributed by atoms with Gasteiger partial charge in [-0.05, 0) is 78.8 Å². The van der Waals surface area contributed by atoms with Crippen LogP contribution in [-0.4, -0.2) is 50.2 Å². The number of allylic oxidation sites excluding steroid dienone is 2. The molecular weight excluding hydrogens is 528 g/mol. The lowest BCUT2D eigenvalue weighted by atomic mass is 9.59. The van der Waals surface area contributed by atoms with Gasteiger partial charge in [0.1, 0.15) is 22.8 Å². The van der Waals surface area contributed by atoms with Gasteiger partial charge < -0.3 is 29.9 Å². The zero-order valence-corrected chi connectivity index (χ0v) is 23.1. The van der Waals surface area contributed by atoms with Crippen molar-refractivity contribution in [2.75, 3.05) is 6.79 Å². The number of hydrogen-bond acceptors (Lipinski definition) is 9. The van der Waals surface area contributed by atoms with E-state index in [1.54, 1.807) is 0 Å². The quantitative estimate of drug-likeness (QED) is 0.392. The van der Waals surface area contributed by atoms with Gasteiger partial charge in [-0.1, -0.05) is 26.0 Å². The first-order chi connectivity index (χ1) is 19.4. The van der Waals surface area contributed by atoms with Crippen LogP contribution in [0.4, 0.5) is 0 Å². The minimum Gasteiger partial charge on any atom is -0.511 e. The van der Waals surface area contributed by atoms with Gasteiger partial charge >= 0.3 is 0 Å². The van der Waals surface area contributed by atoms with Gasteiger partial charge in [0.05, 0.1) is 5.56 Å². The van der Waals surface area contributed by atoms with Crippen LogP contribution in [0.25, 0.3) is 0 Å². The molecule has 4 aliphatic rings. The first-order valence-electron chi connectivity index (χ1n) is 13.9. The van der Waals surface area contributed by atoms with E-state index in [-0.39, 0.29) is 42.4 Å². The van der Waals surface area contributed by atoms with E-state index in [2.05, 4.69) is 0 Å². The van der Waals surface area contributed by atoms with E-state index >= 15 is 0 Å². The lowest BCUT2D eigenvalue weighted by Crippen LogP contribution is -2.56. The van der Waals surface area contributed by atoms with Crippen LogP contribution in [0.2, 0.25) is 0 Å². The predicted molar refractivity (Wildman–Crippen MR) is 146 cm³/mol. The van der Waals surface area contributed by atoms with Gasteiger partial charge in [0, 0.05) is 17.9 Å². The molecule has 3 atom stereocenters. The van der Waals surface area contributed by atoms with Crippen LogP contribution in [0.1, 0.15) is 72.1 Å². The van der Waals surface area contributed by atoms with Gasteiger partial charge in [0.2, 0.25) is 12.6 Å². The molecule has 3 aliphatic carbocycles. The highest BCUT2D eigenvalue weighted by Crippen LogP contribution is 2.52. The third-order valence-corrected chi connectivity index (χ3v) is 9.02. The first kappa shape index (κ1) is 27.1. The summed E-state index contributed by atoms with van der Waals surface area (Å²) in [6.07, 6.45) is 1.27. The number of ketones is 3. The number of rotatable bonds is 5. The monoisotopic (exact) mass is 560 g/mol. The SMILES string of the molecule is CC(=O)C1=C(O)C[C@@H]2C[C@@H]3Cc4c(C(C)C)cc(CCc5ccc6c(c5)OCO6)c(O)c4C(=O)C3=C(O)[C@]2(O)C1=O. The van der Waals surface area contributed by atoms with Gasteiger partial charge in [-0.25, -0.2) is 0 Å². The van der Waals surface area contributed by atoms with Crippen LogP contribution in [0, 0.1) is 11.8 Å². The topological polar surface area (TPSA) is 151 Å². The second-order valence-corrected chi connectivity index (χ2v) is 11.8. The van der Waals surface area contributed by atoms with E-state index in [1.165, 1.54) is 0 Å². The number of carbonyl (C=O) groups excluding carboxylic acids is 3. The van der Waals surface area contributed by atoms with E-state index in [9.17, 15) is 34.8 Å². The molecule has 0 saturated carbocycles. The number of aromatic hydroxyl groups is 1. The Morgan fingerprint density at radius 2 is 1.78 bits per heavy atom. The van der Waals surface area contributed by atoms with E-state index in [4.69, 9.17) is 9.47 Å². The fourth-order valence-electron chi connectivity index (χ4n) is 6.96. The Hall–Kier alpha value is -4.11. The number of benzene rings is 2. The molecule has 0 amide bonds. The summed E-state index contributed by atoms with van der Waals surface area (Å²) in [4.78, 5) is 39.4. The van der Waals surface area contributed by atoms with E-state index in [1.807, 2.05) is 38.1 Å². The highest BCUT2D eigenvalue weighted by Gasteiger charge is 2.59. The number of aliphatic hydroxyl groups is 3. The fourth-order valence-corrected chi connectivity index (χ4v) is 6.96. The number of aliphatic hydroxyl groups excluding tert-OH is 2. The van der Waals surface area contributed by atoms with Crippen LogP contribution < -0.4 is 9.47 Å². The maximum Gasteiger partial charge on any atom is 0.231 e. The van der Waals surface area contributed by atoms with Gasteiger partial charge in [-0.2, -0.15) is 0 Å². The number of phenols is 1. The van der Waals surface area contributed by atoms with Crippen molar-refractivity contribution in [3.05, 3.63) is 74.7 Å². The maximum atomic E-state index is 14.1. The molecule has 41 heavy (non-hydrogen) atoms. The molecule has 1 heterocycles. The molecule has 214 valence electrons. The largest absolute Gasteiger partial charge is 0.511 e. The maximum absolute atomic E-state index is 14.1. The number of carbonyl (C=O) groups is 3. The van der Waals surface area contributed by atoms with Crippen molar-refractivity contribution in [2.45, 2.75) is 64.4 Å².